The molecule has 5 rings (SSSR count). The van der Waals surface area contributed by atoms with Crippen molar-refractivity contribution in [3.8, 4) is 34.6 Å². The number of rotatable bonds is 9. The van der Waals surface area contributed by atoms with Crippen LogP contribution in [0.15, 0.2) is 30.6 Å². The summed E-state index contributed by atoms with van der Waals surface area (Å²) >= 11 is 6.33. The first-order chi connectivity index (χ1) is 17.4. The molecule has 1 aliphatic rings. The number of nitrogens with one attached hydrogen (secondary N) is 1. The van der Waals surface area contributed by atoms with Crippen LogP contribution in [-0.2, 0) is 10.0 Å². The normalized spacial score (nSPS) is 13.6. The van der Waals surface area contributed by atoms with Crippen molar-refractivity contribution in [1.29, 1.82) is 0 Å². The number of pyridine rings is 2. The molecule has 0 bridgehead atoms. The van der Waals surface area contributed by atoms with Gasteiger partial charge in [-0.25, -0.2) is 28.4 Å². The van der Waals surface area contributed by atoms with E-state index in [0.717, 1.165) is 0 Å². The Morgan fingerprint density at radius 1 is 1.08 bits per heavy atom. The first-order valence-corrected chi connectivity index (χ1v) is 12.9. The first kappa shape index (κ1) is 24.0. The largest absolute Gasteiger partial charge is 0.493 e. The number of halogens is 1. The zero-order valence-corrected chi connectivity index (χ0v) is 21.2. The summed E-state index contributed by atoms with van der Waals surface area (Å²) < 4.78 is 46.0. The molecule has 1 fully saturated rings. The Labute approximate surface area is 211 Å². The van der Waals surface area contributed by atoms with E-state index in [0.29, 0.717) is 54.0 Å². The molecule has 0 amide bonds. The number of aromatic nitrogens is 6. The third-order valence-corrected chi connectivity index (χ3v) is 7.50. The summed E-state index contributed by atoms with van der Waals surface area (Å²) in [7, 11) is -0.666. The van der Waals surface area contributed by atoms with Crippen molar-refractivity contribution >= 4 is 38.7 Å². The number of imidazole rings is 1. The summed E-state index contributed by atoms with van der Waals surface area (Å²) in [6.07, 6.45) is 4.19. The molecule has 1 aliphatic carbocycles. The third-order valence-electron chi connectivity index (χ3n) is 5.41. The summed E-state index contributed by atoms with van der Waals surface area (Å²) in [6.45, 7) is 2.29. The quantitative estimate of drug-likeness (QED) is 0.341. The highest BCUT2D eigenvalue weighted by molar-refractivity contribution is 7.93. The minimum absolute atomic E-state index is 0.105. The van der Waals surface area contributed by atoms with Crippen LogP contribution in [0.2, 0.25) is 5.15 Å². The van der Waals surface area contributed by atoms with E-state index in [1.54, 1.807) is 22.8 Å². The molecule has 1 saturated carbocycles. The monoisotopic (exact) mass is 531 g/mol. The zero-order valence-electron chi connectivity index (χ0n) is 19.6. The molecule has 0 aromatic carbocycles. The summed E-state index contributed by atoms with van der Waals surface area (Å²) in [6, 6.07) is 5.26. The number of methoxy groups -OCH3 is 2. The lowest BCUT2D eigenvalue weighted by atomic mass is 10.3. The van der Waals surface area contributed by atoms with E-state index in [9.17, 15) is 8.42 Å². The van der Waals surface area contributed by atoms with E-state index in [-0.39, 0.29) is 22.3 Å². The number of ether oxygens (including phenoxy) is 3. The van der Waals surface area contributed by atoms with Crippen LogP contribution in [0.5, 0.6) is 17.4 Å². The predicted molar refractivity (Wildman–Crippen MR) is 133 cm³/mol. The van der Waals surface area contributed by atoms with Gasteiger partial charge in [0.05, 0.1) is 38.5 Å². The van der Waals surface area contributed by atoms with E-state index < -0.39 is 15.3 Å². The van der Waals surface area contributed by atoms with Crippen molar-refractivity contribution in [3.63, 3.8) is 0 Å². The average Bonchev–Trinajstić information content (AvgIpc) is 3.67. The zero-order chi connectivity index (χ0) is 25.4. The molecular formula is C22H22ClN7O5S. The summed E-state index contributed by atoms with van der Waals surface area (Å²) in [5.41, 5.74) is 1.23. The number of fused-ring (bicyclic) bond motifs is 1. The van der Waals surface area contributed by atoms with E-state index in [1.165, 1.54) is 26.6 Å². The fraction of sp³-hybridized carbons (Fsp3) is 0.318. The maximum absolute atomic E-state index is 12.6. The molecule has 4 heterocycles. The van der Waals surface area contributed by atoms with Gasteiger partial charge in [0.25, 0.3) is 0 Å². The van der Waals surface area contributed by atoms with E-state index in [4.69, 9.17) is 25.8 Å². The van der Waals surface area contributed by atoms with Gasteiger partial charge < -0.3 is 14.2 Å². The van der Waals surface area contributed by atoms with Gasteiger partial charge in [-0.05, 0) is 25.8 Å². The number of anilines is 1. The van der Waals surface area contributed by atoms with Crippen molar-refractivity contribution in [3.05, 3.63) is 35.7 Å². The molecule has 0 unspecified atom stereocenters. The molecule has 36 heavy (non-hydrogen) atoms. The Kier molecular flexibility index (Phi) is 6.26. The first-order valence-electron chi connectivity index (χ1n) is 11.0. The maximum atomic E-state index is 12.6. The molecule has 14 heteroatoms. The van der Waals surface area contributed by atoms with Crippen LogP contribution >= 0.6 is 11.6 Å². The topological polar surface area (TPSA) is 143 Å². The smallest absolute Gasteiger partial charge is 0.236 e. The van der Waals surface area contributed by atoms with Crippen LogP contribution in [0.1, 0.15) is 19.8 Å². The minimum atomic E-state index is -3.65. The highest BCUT2D eigenvalue weighted by Gasteiger charge is 2.37. The Hall–Kier alpha value is -3.71. The van der Waals surface area contributed by atoms with Gasteiger partial charge in [0.15, 0.2) is 39.6 Å². The van der Waals surface area contributed by atoms with E-state index in [1.807, 2.05) is 6.92 Å². The van der Waals surface area contributed by atoms with Crippen LogP contribution in [-0.4, -0.2) is 64.0 Å². The van der Waals surface area contributed by atoms with E-state index in [2.05, 4.69) is 29.6 Å². The molecule has 4 aromatic rings. The van der Waals surface area contributed by atoms with Crippen LogP contribution in [0.4, 0.5) is 5.82 Å². The van der Waals surface area contributed by atoms with Crippen molar-refractivity contribution < 1.29 is 22.6 Å². The second-order valence-corrected chi connectivity index (χ2v) is 10.1. The predicted octanol–water partition coefficient (Wildman–Crippen LogP) is 3.25. The lowest BCUT2D eigenvalue weighted by Gasteiger charge is -2.16. The number of hydrogen-bond donors (Lipinski definition) is 1. The third kappa shape index (κ3) is 4.35. The van der Waals surface area contributed by atoms with Gasteiger partial charge in [-0.15, -0.1) is 0 Å². The van der Waals surface area contributed by atoms with Crippen LogP contribution in [0.25, 0.3) is 28.5 Å². The molecular weight excluding hydrogens is 510 g/mol. The summed E-state index contributed by atoms with van der Waals surface area (Å²) in [5.74, 6) is 1.33. The molecule has 0 aliphatic heterocycles. The fourth-order valence-electron chi connectivity index (χ4n) is 3.62. The van der Waals surface area contributed by atoms with Crippen molar-refractivity contribution in [2.75, 3.05) is 25.5 Å². The maximum Gasteiger partial charge on any atom is 0.236 e. The Morgan fingerprint density at radius 2 is 1.81 bits per heavy atom. The number of hydrogen-bond acceptors (Lipinski definition) is 10. The van der Waals surface area contributed by atoms with Gasteiger partial charge in [0, 0.05) is 6.07 Å². The lowest BCUT2D eigenvalue weighted by Crippen LogP contribution is -2.19. The fourth-order valence-corrected chi connectivity index (χ4v) is 5.18. The Bertz CT molecular complexity index is 1530. The van der Waals surface area contributed by atoms with Crippen molar-refractivity contribution in [2.24, 2.45) is 0 Å². The van der Waals surface area contributed by atoms with E-state index >= 15 is 0 Å². The molecule has 4 aromatic heterocycles. The standard InChI is InChI=1S/C22H22ClN7O5S/c1-4-35-16-7-5-6-13(25-16)21-28-20-22(30(21)17-14(33-2)10-24-11-15(17)34-3)27-19(18(23)26-20)29-36(31,32)12-8-9-12/h5-7,10-12H,4,8-9H2,1-3H3,(H,27,29). The Balaban J connectivity index is 1.80. The molecule has 12 nitrogen and oxygen atoms in total. The van der Waals surface area contributed by atoms with Crippen LogP contribution in [0.3, 0.4) is 0 Å². The van der Waals surface area contributed by atoms with Gasteiger partial charge in [0.2, 0.25) is 15.9 Å². The van der Waals surface area contributed by atoms with Crippen molar-refractivity contribution in [1.82, 2.24) is 29.5 Å². The molecule has 0 saturated heterocycles. The number of nitrogens with zero attached hydrogens (tertiary/aromatic N) is 6. The summed E-state index contributed by atoms with van der Waals surface area (Å²) in [4.78, 5) is 22.2. The summed E-state index contributed by atoms with van der Waals surface area (Å²) in [5, 5.41) is -0.606. The van der Waals surface area contributed by atoms with Gasteiger partial charge in [0.1, 0.15) is 11.4 Å². The number of sulfonamides is 1. The average molecular weight is 532 g/mol. The second kappa shape index (κ2) is 9.39. The molecule has 0 spiro atoms. The molecule has 0 atom stereocenters. The van der Waals surface area contributed by atoms with Gasteiger partial charge in [-0.2, -0.15) is 0 Å². The second-order valence-electron chi connectivity index (χ2n) is 7.81. The van der Waals surface area contributed by atoms with Crippen LogP contribution in [0, 0.1) is 0 Å². The minimum Gasteiger partial charge on any atom is -0.493 e. The molecule has 188 valence electrons. The highest BCUT2D eigenvalue weighted by atomic mass is 35.5. The van der Waals surface area contributed by atoms with Crippen LogP contribution < -0.4 is 18.9 Å². The molecule has 1 N–H and O–H groups in total. The Morgan fingerprint density at radius 3 is 2.44 bits per heavy atom. The van der Waals surface area contributed by atoms with Crippen molar-refractivity contribution in [2.45, 2.75) is 25.0 Å². The van der Waals surface area contributed by atoms with Gasteiger partial charge in [-0.3, -0.25) is 14.3 Å². The lowest BCUT2D eigenvalue weighted by molar-refractivity contribution is 0.327. The SMILES string of the molecule is CCOc1cccc(-c2nc3nc(Cl)c(NS(=O)(=O)C4CC4)nc3n2-c2c(OC)cncc2OC)n1. The van der Waals surface area contributed by atoms with Gasteiger partial charge >= 0.3 is 0 Å². The molecule has 0 radical (unpaired) electrons. The highest BCUT2D eigenvalue weighted by Crippen LogP contribution is 2.38. The van der Waals surface area contributed by atoms with Gasteiger partial charge in [-0.1, -0.05) is 17.7 Å².